The quantitative estimate of drug-likeness (QED) is 0.613. The predicted molar refractivity (Wildman–Crippen MR) is 86.7 cm³/mol. The van der Waals surface area contributed by atoms with Gasteiger partial charge >= 0.3 is 12.6 Å². The molecule has 1 heterocycles. The van der Waals surface area contributed by atoms with Crippen molar-refractivity contribution in [2.75, 3.05) is 7.11 Å². The van der Waals surface area contributed by atoms with Crippen LogP contribution in [0.3, 0.4) is 0 Å². The van der Waals surface area contributed by atoms with E-state index in [2.05, 4.69) is 9.73 Å². The predicted octanol–water partition coefficient (Wildman–Crippen LogP) is 3.64. The average molecular weight is 345 g/mol. The lowest BCUT2D eigenvalue weighted by Gasteiger charge is -2.07. The molecule has 1 aliphatic rings. The van der Waals surface area contributed by atoms with Gasteiger partial charge in [0, 0.05) is 11.1 Å². The summed E-state index contributed by atoms with van der Waals surface area (Å²) >= 11 is 0. The van der Waals surface area contributed by atoms with Gasteiger partial charge in [0.25, 0.3) is 0 Å². The second kappa shape index (κ2) is 7.12. The minimum absolute atomic E-state index is 0.0110. The van der Waals surface area contributed by atoms with Crippen LogP contribution in [-0.2, 0) is 9.53 Å². The number of nitrogens with zero attached hydrogens (tertiary/aromatic N) is 1. The first-order valence-corrected chi connectivity index (χ1v) is 7.27. The molecule has 0 unspecified atom stereocenters. The molecule has 128 valence electrons. The highest BCUT2D eigenvalue weighted by Gasteiger charge is 2.25. The molecule has 0 fully saturated rings. The lowest BCUT2D eigenvalue weighted by molar-refractivity contribution is -0.129. The van der Waals surface area contributed by atoms with Crippen LogP contribution in [0.4, 0.5) is 8.78 Å². The fourth-order valence-corrected chi connectivity index (χ4v) is 2.24. The van der Waals surface area contributed by atoms with Gasteiger partial charge in [-0.1, -0.05) is 24.3 Å². The van der Waals surface area contributed by atoms with Crippen LogP contribution in [0.15, 0.2) is 59.2 Å². The molecule has 0 saturated carbocycles. The Morgan fingerprint density at radius 1 is 1.16 bits per heavy atom. The molecule has 7 heteroatoms. The minimum atomic E-state index is -2.97. The van der Waals surface area contributed by atoms with Gasteiger partial charge in [-0.3, -0.25) is 0 Å². The Bertz CT molecular complexity index is 862. The number of ether oxygens (including phenoxy) is 3. The van der Waals surface area contributed by atoms with E-state index in [9.17, 15) is 13.6 Å². The highest BCUT2D eigenvalue weighted by molar-refractivity contribution is 6.13. The average Bonchev–Trinajstić information content (AvgIpc) is 2.97. The summed E-state index contributed by atoms with van der Waals surface area (Å²) in [6, 6.07) is 13.0. The van der Waals surface area contributed by atoms with Gasteiger partial charge in [-0.15, -0.1) is 0 Å². The molecule has 0 atom stereocenters. The van der Waals surface area contributed by atoms with Crippen molar-refractivity contribution in [2.24, 2.45) is 4.99 Å². The van der Waals surface area contributed by atoms with E-state index in [0.717, 1.165) is 0 Å². The number of hydrogen-bond acceptors (Lipinski definition) is 5. The van der Waals surface area contributed by atoms with E-state index >= 15 is 0 Å². The minimum Gasteiger partial charge on any atom is -0.497 e. The van der Waals surface area contributed by atoms with E-state index in [4.69, 9.17) is 9.47 Å². The summed E-state index contributed by atoms with van der Waals surface area (Å²) in [4.78, 5) is 16.2. The summed E-state index contributed by atoms with van der Waals surface area (Å²) in [5, 5.41) is 0. The third-order valence-corrected chi connectivity index (χ3v) is 3.36. The number of carbonyl (C=O) groups is 1. The number of para-hydroxylation sites is 1. The van der Waals surface area contributed by atoms with Gasteiger partial charge in [0.2, 0.25) is 5.90 Å². The van der Waals surface area contributed by atoms with Gasteiger partial charge in [-0.2, -0.15) is 8.78 Å². The number of halogens is 2. The molecule has 25 heavy (non-hydrogen) atoms. The Labute approximate surface area is 142 Å². The molecule has 0 bridgehead atoms. The fourth-order valence-electron chi connectivity index (χ4n) is 2.24. The highest BCUT2D eigenvalue weighted by atomic mass is 19.3. The topological polar surface area (TPSA) is 57.1 Å². The van der Waals surface area contributed by atoms with E-state index in [1.54, 1.807) is 36.4 Å². The van der Waals surface area contributed by atoms with Crippen LogP contribution < -0.4 is 9.47 Å². The number of alkyl halides is 2. The third-order valence-electron chi connectivity index (χ3n) is 3.36. The molecule has 2 aromatic rings. The van der Waals surface area contributed by atoms with Gasteiger partial charge in [0.15, 0.2) is 5.70 Å². The van der Waals surface area contributed by atoms with E-state index in [0.29, 0.717) is 16.9 Å². The number of rotatable bonds is 5. The van der Waals surface area contributed by atoms with Gasteiger partial charge < -0.3 is 14.2 Å². The van der Waals surface area contributed by atoms with Gasteiger partial charge in [0.05, 0.1) is 7.11 Å². The van der Waals surface area contributed by atoms with E-state index in [1.807, 2.05) is 0 Å². The van der Waals surface area contributed by atoms with Crippen LogP contribution >= 0.6 is 0 Å². The summed E-state index contributed by atoms with van der Waals surface area (Å²) < 4.78 is 39.7. The number of methoxy groups -OCH3 is 1. The molecule has 0 N–H and O–H groups in total. The smallest absolute Gasteiger partial charge is 0.387 e. The molecule has 0 amide bonds. The summed E-state index contributed by atoms with van der Waals surface area (Å²) in [6.45, 7) is -2.97. The van der Waals surface area contributed by atoms with Crippen molar-refractivity contribution in [1.82, 2.24) is 0 Å². The molecular weight excluding hydrogens is 332 g/mol. The molecule has 0 radical (unpaired) electrons. The van der Waals surface area contributed by atoms with Gasteiger partial charge in [-0.05, 0) is 30.3 Å². The van der Waals surface area contributed by atoms with Crippen molar-refractivity contribution in [2.45, 2.75) is 6.61 Å². The van der Waals surface area contributed by atoms with E-state index in [1.165, 1.54) is 25.3 Å². The first-order chi connectivity index (χ1) is 12.1. The normalized spacial score (nSPS) is 15.3. The lowest BCUT2D eigenvalue weighted by Crippen LogP contribution is -2.05. The lowest BCUT2D eigenvalue weighted by atomic mass is 10.1. The van der Waals surface area contributed by atoms with Crippen LogP contribution in [0.1, 0.15) is 11.1 Å². The van der Waals surface area contributed by atoms with Crippen molar-refractivity contribution in [3.63, 3.8) is 0 Å². The highest BCUT2D eigenvalue weighted by Crippen LogP contribution is 2.26. The summed E-state index contributed by atoms with van der Waals surface area (Å²) in [5.41, 5.74) is 0.849. The van der Waals surface area contributed by atoms with Gasteiger partial charge in [-0.25, -0.2) is 9.79 Å². The zero-order valence-corrected chi connectivity index (χ0v) is 13.1. The molecule has 1 aliphatic heterocycles. The molecule has 5 nitrogen and oxygen atoms in total. The Morgan fingerprint density at radius 3 is 2.72 bits per heavy atom. The molecule has 0 saturated heterocycles. The van der Waals surface area contributed by atoms with Crippen LogP contribution in [0.25, 0.3) is 6.08 Å². The summed E-state index contributed by atoms with van der Waals surface area (Å²) in [5.74, 6) is -0.0285. The molecule has 0 spiro atoms. The van der Waals surface area contributed by atoms with Crippen molar-refractivity contribution in [3.8, 4) is 11.5 Å². The zero-order chi connectivity index (χ0) is 17.8. The summed E-state index contributed by atoms with van der Waals surface area (Å²) in [6.07, 6.45) is 1.34. The van der Waals surface area contributed by atoms with Crippen LogP contribution in [0.2, 0.25) is 0 Å². The first-order valence-electron chi connectivity index (χ1n) is 7.27. The SMILES string of the molecule is COc1cccc(C2=NC(=Cc3ccccc3OC(F)F)C(=O)O2)c1. The second-order valence-electron chi connectivity index (χ2n) is 4.98. The number of benzene rings is 2. The van der Waals surface area contributed by atoms with Gasteiger partial charge in [0.1, 0.15) is 11.5 Å². The van der Waals surface area contributed by atoms with Crippen molar-refractivity contribution in [1.29, 1.82) is 0 Å². The maximum atomic E-state index is 12.5. The van der Waals surface area contributed by atoms with Crippen molar-refractivity contribution >= 4 is 17.9 Å². The molecular formula is C18H13F2NO4. The summed E-state index contributed by atoms with van der Waals surface area (Å²) in [7, 11) is 1.52. The number of hydrogen-bond donors (Lipinski definition) is 0. The maximum absolute atomic E-state index is 12.5. The number of aliphatic imine (C=N–C) groups is 1. The van der Waals surface area contributed by atoms with Crippen LogP contribution in [0, 0.1) is 0 Å². The Kier molecular flexibility index (Phi) is 4.74. The standard InChI is InChI=1S/C18H13F2NO4/c1-23-13-7-4-6-12(9-13)16-21-14(17(22)25-16)10-11-5-2-3-8-15(11)24-18(19)20/h2-10,18H,1H3. The number of carbonyl (C=O) groups excluding carboxylic acids is 1. The largest absolute Gasteiger partial charge is 0.497 e. The number of esters is 1. The number of cyclic esters (lactones) is 1. The molecule has 3 rings (SSSR count). The fraction of sp³-hybridized carbons (Fsp3) is 0.111. The van der Waals surface area contributed by atoms with Crippen LogP contribution in [-0.4, -0.2) is 25.6 Å². The third kappa shape index (κ3) is 3.82. The van der Waals surface area contributed by atoms with Crippen molar-refractivity contribution < 1.29 is 27.8 Å². The van der Waals surface area contributed by atoms with Crippen molar-refractivity contribution in [3.05, 3.63) is 65.4 Å². The monoisotopic (exact) mass is 345 g/mol. The first kappa shape index (κ1) is 16.6. The van der Waals surface area contributed by atoms with Crippen LogP contribution in [0.5, 0.6) is 11.5 Å². The Balaban J connectivity index is 1.94. The zero-order valence-electron chi connectivity index (χ0n) is 13.1. The maximum Gasteiger partial charge on any atom is 0.387 e. The van der Waals surface area contributed by atoms with E-state index < -0.39 is 12.6 Å². The Hall–Kier alpha value is -3.22. The molecule has 0 aromatic heterocycles. The molecule has 2 aromatic carbocycles. The molecule has 0 aliphatic carbocycles. The Morgan fingerprint density at radius 2 is 1.96 bits per heavy atom. The van der Waals surface area contributed by atoms with E-state index in [-0.39, 0.29) is 17.3 Å². The second-order valence-corrected chi connectivity index (χ2v) is 4.98.